The summed E-state index contributed by atoms with van der Waals surface area (Å²) in [5.41, 5.74) is 15.1. The van der Waals surface area contributed by atoms with Crippen molar-refractivity contribution in [2.75, 3.05) is 44.1 Å². The molecule has 410 valence electrons. The van der Waals surface area contributed by atoms with Crippen LogP contribution in [0.5, 0.6) is 0 Å². The Labute approximate surface area is 414 Å². The molecule has 0 radical (unpaired) electrons. The number of nitrogen functional groups attached to an aromatic ring is 3. The van der Waals surface area contributed by atoms with Gasteiger partial charge in [-0.1, -0.05) is 4.98 Å². The highest BCUT2D eigenvalue weighted by molar-refractivity contribution is 7.65. The van der Waals surface area contributed by atoms with Gasteiger partial charge in [0.1, 0.15) is 66.8 Å². The molecule has 9 rings (SSSR count). The highest BCUT2D eigenvalue weighted by atomic mass is 31.3. The van der Waals surface area contributed by atoms with Crippen LogP contribution in [0, 0.1) is 0 Å². The summed E-state index contributed by atoms with van der Waals surface area (Å²) in [6.45, 7) is -3.73. The van der Waals surface area contributed by atoms with E-state index < -0.39 is 136 Å². The molecule has 3 saturated heterocycles. The summed E-state index contributed by atoms with van der Waals surface area (Å²) in [6, 6.07) is 0. The Morgan fingerprint density at radius 3 is 1.91 bits per heavy atom. The van der Waals surface area contributed by atoms with Crippen LogP contribution in [0.25, 0.3) is 33.5 Å². The number of nitrogens with zero attached hydrogens (tertiary/aromatic N) is 10. The van der Waals surface area contributed by atoms with Crippen molar-refractivity contribution in [3.63, 3.8) is 0 Å². The van der Waals surface area contributed by atoms with Gasteiger partial charge in [-0.15, -0.1) is 0 Å². The molecule has 9 heterocycles. The molecule has 75 heavy (non-hydrogen) atoms. The average molecular weight is 1140 g/mol. The van der Waals surface area contributed by atoms with Gasteiger partial charge in [0.05, 0.1) is 39.5 Å². The van der Waals surface area contributed by atoms with Gasteiger partial charge >= 0.3 is 5.65 Å². The van der Waals surface area contributed by atoms with E-state index in [1.54, 1.807) is 0 Å². The Bertz CT molecular complexity index is 3470. The van der Waals surface area contributed by atoms with E-state index in [1.165, 1.54) is 17.9 Å². The fraction of sp³-hybridized carbons (Fsp3) is 0.531. The smallest absolute Gasteiger partial charge is 0.313 e. The molecule has 0 saturated carbocycles. The number of hydrogen-bond acceptors (Lipinski definition) is 33. The quantitative estimate of drug-likeness (QED) is 0.0269. The van der Waals surface area contributed by atoms with Crippen LogP contribution < -0.4 is 52.5 Å². The minimum atomic E-state index is -6.59. The number of phosphoric ester groups is 3. The first-order valence-electron chi connectivity index (χ1n) is 21.1. The molecule has 39 nitrogen and oxygen atoms in total. The first-order valence-corrected chi connectivity index (χ1v) is 26.9. The summed E-state index contributed by atoms with van der Waals surface area (Å²) in [7, 11) is -22.4. The van der Waals surface area contributed by atoms with Crippen LogP contribution in [0.15, 0.2) is 34.9 Å². The molecule has 12 N–H and O–H groups in total. The molecular weight excluding hydrogens is 1100 g/mol. The molecule has 16 atom stereocenters. The number of imidazole rings is 3. The van der Waals surface area contributed by atoms with Crippen molar-refractivity contribution in [2.45, 2.75) is 73.6 Å². The summed E-state index contributed by atoms with van der Waals surface area (Å²) in [4.78, 5) is 105. The summed E-state index contributed by atoms with van der Waals surface area (Å²) < 4.78 is 106. The zero-order valence-corrected chi connectivity index (χ0v) is 41.4. The second-order valence-corrected chi connectivity index (χ2v) is 22.3. The standard InChI is InChI=1S/C32H43N15O24P4/c1-44-9-47(25-15(44)27(53)43-32(35)41-25)29-19(51)17(49)11(67-29)4-64-73(56,57)70-75(60,61)71-74(58,59)65-5-12-20(21(62-2)30(68-12)45-7-38-13-22(33)36-6-37-23(13)45)69-72(54,55)63-3-10-16(48)18(50)28(66-10)46-8-39-14-24(46)40-31(34)42-26(14)52/h6-12,16-21,28-30,48-51H,3-5H2,1-2H3,(H11-,33,34,35,36,37,40,41,42,43,52,53,54,55,56,57,58,59,60,61)/p-3/t10-,11-,12-,16+,17?,18?,19+,20+,21?,28-,29-,30-/m1/s1. The van der Waals surface area contributed by atoms with E-state index in [4.69, 9.17) is 45.2 Å². The zero-order chi connectivity index (χ0) is 54.3. The molecule has 7 unspecified atom stereocenters. The number of H-pyrrole nitrogens is 2. The Morgan fingerprint density at radius 1 is 0.680 bits per heavy atom. The lowest BCUT2D eigenvalue weighted by Gasteiger charge is -2.35. The lowest BCUT2D eigenvalue weighted by Crippen LogP contribution is -2.46. The van der Waals surface area contributed by atoms with Gasteiger partial charge in [-0.25, -0.2) is 33.1 Å². The topological polar surface area (TPSA) is 574 Å². The van der Waals surface area contributed by atoms with Crippen LogP contribution in [0.3, 0.4) is 0 Å². The number of hydrogen-bond donors (Lipinski definition) is 9. The maximum Gasteiger partial charge on any atom is 0.313 e. The minimum Gasteiger partial charge on any atom is -0.756 e. The lowest BCUT2D eigenvalue weighted by atomic mass is 10.1. The second-order valence-electron chi connectivity index (χ2n) is 16.4. The number of aliphatic hydroxyl groups is 4. The molecule has 3 fully saturated rings. The SMILES string of the molecule is COC1[C@@H](OP(=O)([O-])OC[C@H]2O[C@@H](n3cnc4c(=O)[nH]c(N)nc43)C(O)[C@H]2O)[C@@H](COP(=O)([O-])OP(=O)([O-])OP(=O)([O-])OC[C@H]2O[C@@H]([n+]3cn(C)c4c(=O)[nH]c(N)nc43)[C@@H](O)C2O)O[C@H]1n1cnc2c(N)ncnc21. The van der Waals surface area contributed by atoms with Crippen molar-refractivity contribution in [1.29, 1.82) is 0 Å². The molecule has 3 aliphatic rings. The third-order valence-corrected chi connectivity index (χ3v) is 16.6. The molecule has 0 amide bonds. The monoisotopic (exact) mass is 1140 g/mol. The van der Waals surface area contributed by atoms with Crippen molar-refractivity contribution in [2.24, 2.45) is 7.05 Å². The second kappa shape index (κ2) is 20.3. The molecule has 0 aliphatic carbocycles. The van der Waals surface area contributed by atoms with Crippen LogP contribution in [-0.4, -0.2) is 156 Å². The Kier molecular flexibility index (Phi) is 14.8. The minimum absolute atomic E-state index is 0.00984. The number of nitrogens with two attached hydrogens (primary N) is 3. The molecule has 6 aromatic heterocycles. The van der Waals surface area contributed by atoms with Gasteiger partial charge in [0.15, 0.2) is 41.4 Å². The number of ether oxygens (including phenoxy) is 4. The molecule has 0 aromatic carbocycles. The summed E-state index contributed by atoms with van der Waals surface area (Å²) >= 11 is 0. The first kappa shape index (κ1) is 54.6. The van der Waals surface area contributed by atoms with Crippen molar-refractivity contribution >= 4 is 82.5 Å². The van der Waals surface area contributed by atoms with E-state index in [9.17, 15) is 67.8 Å². The summed E-state index contributed by atoms with van der Waals surface area (Å²) in [5.74, 6) is -0.782. The number of phosphoric acid groups is 4. The van der Waals surface area contributed by atoms with Crippen molar-refractivity contribution in [3.8, 4) is 0 Å². The van der Waals surface area contributed by atoms with Crippen LogP contribution in [-0.2, 0) is 71.0 Å². The van der Waals surface area contributed by atoms with Gasteiger partial charge in [-0.05, 0) is 0 Å². The van der Waals surface area contributed by atoms with E-state index in [1.807, 2.05) is 0 Å². The van der Waals surface area contributed by atoms with Gasteiger partial charge in [-0.3, -0.25) is 51.5 Å². The predicted molar refractivity (Wildman–Crippen MR) is 230 cm³/mol. The number of fused-ring (bicyclic) bond motifs is 3. The highest BCUT2D eigenvalue weighted by Crippen LogP contribution is 2.63. The van der Waals surface area contributed by atoms with Gasteiger partial charge in [-0.2, -0.15) is 4.98 Å². The Morgan fingerprint density at radius 2 is 1.24 bits per heavy atom. The van der Waals surface area contributed by atoms with E-state index in [0.717, 1.165) is 39.8 Å². The molecule has 0 bridgehead atoms. The van der Waals surface area contributed by atoms with E-state index in [0.29, 0.717) is 0 Å². The number of aliphatic hydroxyl groups excluding tert-OH is 4. The molecule has 0 spiro atoms. The van der Waals surface area contributed by atoms with Crippen molar-refractivity contribution < 1.29 is 108 Å². The highest BCUT2D eigenvalue weighted by Gasteiger charge is 2.51. The number of aromatic amines is 2. The Hall–Kier alpha value is -5.15. The lowest BCUT2D eigenvalue weighted by molar-refractivity contribution is -0.745. The van der Waals surface area contributed by atoms with Gasteiger partial charge in [0.25, 0.3) is 48.4 Å². The fourth-order valence-electron chi connectivity index (χ4n) is 8.26. The predicted octanol–water partition coefficient (Wildman–Crippen LogP) is -7.24. The van der Waals surface area contributed by atoms with E-state index in [2.05, 4.69) is 57.5 Å². The van der Waals surface area contributed by atoms with Crippen LogP contribution >= 0.6 is 31.3 Å². The van der Waals surface area contributed by atoms with Gasteiger partial charge in [0, 0.05) is 7.11 Å². The van der Waals surface area contributed by atoms with Crippen LogP contribution in [0.2, 0.25) is 0 Å². The number of methoxy groups -OCH3 is 1. The van der Waals surface area contributed by atoms with Crippen LogP contribution in [0.1, 0.15) is 18.7 Å². The molecule has 43 heteroatoms. The van der Waals surface area contributed by atoms with Crippen molar-refractivity contribution in [3.05, 3.63) is 46.0 Å². The van der Waals surface area contributed by atoms with E-state index >= 15 is 0 Å². The zero-order valence-electron chi connectivity index (χ0n) is 37.8. The fourth-order valence-corrected chi connectivity index (χ4v) is 12.6. The molecule has 6 aromatic rings. The number of rotatable bonds is 19. The summed E-state index contributed by atoms with van der Waals surface area (Å²) in [5, 5.41) is 43.0. The first-order chi connectivity index (χ1) is 35.2. The van der Waals surface area contributed by atoms with E-state index in [-0.39, 0.29) is 51.2 Å². The summed E-state index contributed by atoms with van der Waals surface area (Å²) in [6.07, 6.45) is -16.7. The van der Waals surface area contributed by atoms with Gasteiger partial charge in [0.2, 0.25) is 17.7 Å². The number of aromatic nitrogens is 12. The van der Waals surface area contributed by atoms with Gasteiger partial charge < -0.3 is 94.2 Å². The maximum atomic E-state index is 13.5. The Balaban J connectivity index is 0.862. The molecular formula is C32H40N15O24P4-3. The third-order valence-electron chi connectivity index (χ3n) is 11.5. The third kappa shape index (κ3) is 10.9. The number of aryl methyl sites for hydroxylation is 1. The number of nitrogens with one attached hydrogen (secondary N) is 2. The average Bonchev–Trinajstić information content (AvgIpc) is 4.17. The van der Waals surface area contributed by atoms with Crippen LogP contribution in [0.4, 0.5) is 17.7 Å². The largest absolute Gasteiger partial charge is 0.756 e. The normalized spacial score (nSPS) is 30.5. The van der Waals surface area contributed by atoms with Crippen molar-refractivity contribution in [1.82, 2.24) is 53.6 Å². The number of anilines is 3. The maximum absolute atomic E-state index is 13.5. The molecule has 3 aliphatic heterocycles.